The van der Waals surface area contributed by atoms with Gasteiger partial charge in [0.2, 0.25) is 0 Å². The lowest BCUT2D eigenvalue weighted by molar-refractivity contribution is -0.187. The summed E-state index contributed by atoms with van der Waals surface area (Å²) in [6.45, 7) is 2.06. The van der Waals surface area contributed by atoms with E-state index in [1.54, 1.807) is 0 Å². The third kappa shape index (κ3) is 1.74. The van der Waals surface area contributed by atoms with Gasteiger partial charge in [-0.25, -0.2) is 4.39 Å². The van der Waals surface area contributed by atoms with Crippen molar-refractivity contribution in [1.82, 2.24) is 0 Å². The summed E-state index contributed by atoms with van der Waals surface area (Å²) in [5, 5.41) is 9.94. The maximum Gasteiger partial charge on any atom is 0.312 e. The summed E-state index contributed by atoms with van der Waals surface area (Å²) < 4.78 is 19.5. The highest BCUT2D eigenvalue weighted by Gasteiger charge is 2.76. The van der Waals surface area contributed by atoms with Crippen LogP contribution in [0.5, 0.6) is 0 Å². The number of carboxylic acid groups (broad SMARTS) is 1. The van der Waals surface area contributed by atoms with Gasteiger partial charge >= 0.3 is 5.97 Å². The van der Waals surface area contributed by atoms with Crippen molar-refractivity contribution in [2.45, 2.75) is 38.4 Å². The third-order valence-electron chi connectivity index (χ3n) is 6.39. The first kappa shape index (κ1) is 14.8. The van der Waals surface area contributed by atoms with Gasteiger partial charge in [0.25, 0.3) is 0 Å². The summed E-state index contributed by atoms with van der Waals surface area (Å²) in [7, 11) is 0. The molecule has 1 aliphatic carbocycles. The van der Waals surface area contributed by atoms with Crippen LogP contribution in [-0.2, 0) is 16.0 Å². The number of carboxylic acids is 1. The number of ether oxygens (including phenoxy) is 1. The minimum absolute atomic E-state index is 0.0389. The van der Waals surface area contributed by atoms with Gasteiger partial charge in [-0.2, -0.15) is 0 Å². The van der Waals surface area contributed by atoms with E-state index >= 15 is 0 Å². The Bertz CT molecular complexity index is 688. The van der Waals surface area contributed by atoms with Crippen molar-refractivity contribution < 1.29 is 23.8 Å². The first-order valence-electron chi connectivity index (χ1n) is 8.12. The molecular formula is C18H19FO4. The van der Waals surface area contributed by atoms with Crippen molar-refractivity contribution in [1.29, 1.82) is 0 Å². The van der Waals surface area contributed by atoms with Crippen LogP contribution in [0, 0.1) is 29.0 Å². The third-order valence-corrected chi connectivity index (χ3v) is 6.39. The number of carbonyl (C=O) groups excluding carboxylic acids is 1. The van der Waals surface area contributed by atoms with Crippen LogP contribution in [0.4, 0.5) is 4.39 Å². The average Bonchev–Trinajstić information content (AvgIpc) is 3.09. The molecule has 2 heterocycles. The van der Waals surface area contributed by atoms with Crippen molar-refractivity contribution in [3.8, 4) is 0 Å². The molecule has 0 aromatic heterocycles. The van der Waals surface area contributed by atoms with Crippen LogP contribution < -0.4 is 0 Å². The quantitative estimate of drug-likeness (QED) is 0.867. The molecule has 0 radical (unpaired) electrons. The maximum atomic E-state index is 13.6. The van der Waals surface area contributed by atoms with Gasteiger partial charge in [0.05, 0.1) is 12.2 Å². The predicted octanol–water partition coefficient (Wildman–Crippen LogP) is 2.70. The number of aliphatic carboxylic acids is 1. The van der Waals surface area contributed by atoms with E-state index in [2.05, 4.69) is 6.92 Å². The molecular weight excluding hydrogens is 299 g/mol. The van der Waals surface area contributed by atoms with Crippen LogP contribution in [0.25, 0.3) is 0 Å². The summed E-state index contributed by atoms with van der Waals surface area (Å²) in [5.41, 5.74) is 0.166. The predicted molar refractivity (Wildman–Crippen MR) is 79.6 cm³/mol. The van der Waals surface area contributed by atoms with Gasteiger partial charge in [-0.1, -0.05) is 6.92 Å². The zero-order valence-corrected chi connectivity index (χ0v) is 12.9. The van der Waals surface area contributed by atoms with Crippen LogP contribution in [0.3, 0.4) is 0 Å². The Balaban J connectivity index is 1.71. The van der Waals surface area contributed by atoms with E-state index in [9.17, 15) is 19.1 Å². The van der Waals surface area contributed by atoms with Gasteiger partial charge in [0.15, 0.2) is 0 Å². The highest BCUT2D eigenvalue weighted by Crippen LogP contribution is 2.69. The van der Waals surface area contributed by atoms with Gasteiger partial charge in [0, 0.05) is 11.5 Å². The lowest BCUT2D eigenvalue weighted by atomic mass is 9.42. The Kier molecular flexibility index (Phi) is 3.14. The Morgan fingerprint density at radius 3 is 2.96 bits per heavy atom. The van der Waals surface area contributed by atoms with Crippen molar-refractivity contribution in [3.63, 3.8) is 0 Å². The smallest absolute Gasteiger partial charge is 0.312 e. The Hall–Kier alpha value is -1.75. The summed E-state index contributed by atoms with van der Waals surface area (Å²) in [4.78, 5) is 23.3. The highest BCUT2D eigenvalue weighted by molar-refractivity contribution is 5.80. The Morgan fingerprint density at radius 1 is 1.48 bits per heavy atom. The molecule has 1 aromatic carbocycles. The fourth-order valence-corrected chi connectivity index (χ4v) is 5.52. The second kappa shape index (κ2) is 4.87. The second-order valence-corrected chi connectivity index (χ2v) is 7.14. The topological polar surface area (TPSA) is 63.6 Å². The number of halogens is 1. The lowest BCUT2D eigenvalue weighted by Crippen LogP contribution is -2.65. The number of carbonyl (C=O) groups is 2. The van der Waals surface area contributed by atoms with E-state index in [-0.39, 0.29) is 30.0 Å². The minimum atomic E-state index is -0.866. The molecule has 23 heavy (non-hydrogen) atoms. The molecule has 2 saturated heterocycles. The standard InChI is InChI=1S/C18H19FO4/c1-9-13(7-11-6-12(19)3-2-10(11)8-20)18(17(21)22)15-5-4-14(23-15)16(9)18/h2-3,6,8-9,13-16H,4-5,7H2,1H3,(H,21,22). The minimum Gasteiger partial charge on any atom is -0.481 e. The molecule has 3 fully saturated rings. The molecule has 0 amide bonds. The Labute approximate surface area is 133 Å². The number of aldehydes is 1. The van der Waals surface area contributed by atoms with Crippen molar-refractivity contribution in [2.75, 3.05) is 0 Å². The lowest BCUT2D eigenvalue weighted by Gasteiger charge is -2.58. The van der Waals surface area contributed by atoms with Crippen LogP contribution in [0.2, 0.25) is 0 Å². The first-order valence-corrected chi connectivity index (χ1v) is 8.12. The Morgan fingerprint density at radius 2 is 2.26 bits per heavy atom. The molecule has 1 aromatic rings. The van der Waals surface area contributed by atoms with Gasteiger partial charge < -0.3 is 9.84 Å². The van der Waals surface area contributed by atoms with Crippen molar-refractivity contribution >= 4 is 12.3 Å². The maximum absolute atomic E-state index is 13.6. The van der Waals surface area contributed by atoms with E-state index < -0.39 is 17.2 Å². The monoisotopic (exact) mass is 318 g/mol. The molecule has 122 valence electrons. The summed E-state index contributed by atoms with van der Waals surface area (Å²) >= 11 is 0. The second-order valence-electron chi connectivity index (χ2n) is 7.14. The first-order chi connectivity index (χ1) is 11.0. The molecule has 3 aliphatic rings. The van der Waals surface area contributed by atoms with Gasteiger partial charge in [0.1, 0.15) is 17.5 Å². The molecule has 4 nitrogen and oxygen atoms in total. The van der Waals surface area contributed by atoms with Crippen molar-refractivity contribution in [3.05, 3.63) is 35.1 Å². The largest absolute Gasteiger partial charge is 0.481 e. The molecule has 5 heteroatoms. The van der Waals surface area contributed by atoms with Gasteiger partial charge in [-0.05, 0) is 54.9 Å². The molecule has 1 N–H and O–H groups in total. The summed E-state index contributed by atoms with van der Waals surface area (Å²) in [6.07, 6.45) is 2.62. The van der Waals surface area contributed by atoms with Crippen LogP contribution in [0.1, 0.15) is 35.7 Å². The molecule has 6 atom stereocenters. The molecule has 2 bridgehead atoms. The zero-order chi connectivity index (χ0) is 16.4. The van der Waals surface area contributed by atoms with Crippen LogP contribution >= 0.6 is 0 Å². The average molecular weight is 318 g/mol. The van der Waals surface area contributed by atoms with E-state index in [0.717, 1.165) is 12.8 Å². The summed E-state index contributed by atoms with van der Waals surface area (Å²) in [5.74, 6) is -1.09. The summed E-state index contributed by atoms with van der Waals surface area (Å²) in [6, 6.07) is 4.07. The zero-order valence-electron chi connectivity index (χ0n) is 12.9. The number of fused-ring (bicyclic) bond motifs is 5. The highest BCUT2D eigenvalue weighted by atomic mass is 19.1. The van der Waals surface area contributed by atoms with Crippen molar-refractivity contribution in [2.24, 2.45) is 23.2 Å². The molecule has 2 aliphatic heterocycles. The fourth-order valence-electron chi connectivity index (χ4n) is 5.52. The number of rotatable bonds is 4. The molecule has 0 spiro atoms. The van der Waals surface area contributed by atoms with E-state index in [1.165, 1.54) is 18.2 Å². The number of hydrogen-bond acceptors (Lipinski definition) is 3. The van der Waals surface area contributed by atoms with Crippen LogP contribution in [-0.4, -0.2) is 29.6 Å². The van der Waals surface area contributed by atoms with Gasteiger partial charge in [-0.3, -0.25) is 9.59 Å². The molecule has 4 rings (SSSR count). The van der Waals surface area contributed by atoms with Gasteiger partial charge in [-0.15, -0.1) is 0 Å². The fraction of sp³-hybridized carbons (Fsp3) is 0.556. The van der Waals surface area contributed by atoms with E-state index in [4.69, 9.17) is 4.74 Å². The van der Waals surface area contributed by atoms with E-state index in [1.807, 2.05) is 0 Å². The normalized spacial score (nSPS) is 40.5. The van der Waals surface area contributed by atoms with E-state index in [0.29, 0.717) is 23.8 Å². The van der Waals surface area contributed by atoms with Crippen LogP contribution in [0.15, 0.2) is 18.2 Å². The molecule has 6 unspecified atom stereocenters. The number of hydrogen-bond donors (Lipinski definition) is 1. The number of benzene rings is 1. The SMILES string of the molecule is CC1C(Cc2cc(F)ccc2C=O)C2(C(=O)O)C3CCC(O3)C12. The molecule has 1 saturated carbocycles.